The van der Waals surface area contributed by atoms with Gasteiger partial charge >= 0.3 is 5.97 Å². The lowest BCUT2D eigenvalue weighted by Gasteiger charge is -2.13. The minimum absolute atomic E-state index is 0.194. The van der Waals surface area contributed by atoms with Crippen molar-refractivity contribution >= 4 is 27.9 Å². The lowest BCUT2D eigenvalue weighted by molar-refractivity contribution is -0.139. The van der Waals surface area contributed by atoms with Crippen LogP contribution >= 0.6 is 0 Å². The van der Waals surface area contributed by atoms with Crippen LogP contribution in [0.3, 0.4) is 0 Å². The van der Waals surface area contributed by atoms with E-state index >= 15 is 0 Å². The van der Waals surface area contributed by atoms with Crippen LogP contribution in [-0.2, 0) is 17.6 Å². The summed E-state index contributed by atoms with van der Waals surface area (Å²) in [6.45, 7) is 0.521. The number of aliphatic carboxylic acids is 1. The predicted octanol–water partition coefficient (Wildman–Crippen LogP) is 3.01. The zero-order valence-electron chi connectivity index (χ0n) is 14.5. The van der Waals surface area contributed by atoms with E-state index in [1.165, 1.54) is 12.1 Å². The molecule has 4 aromatic rings. The number of hydrogen-bond acceptors (Lipinski definition) is 3. The highest BCUT2D eigenvalue weighted by Crippen LogP contribution is 2.18. The number of fused-ring (bicyclic) bond motifs is 2. The van der Waals surface area contributed by atoms with Gasteiger partial charge in [-0.15, -0.1) is 0 Å². The SMILES string of the molecule is O=C(O)[C@@H](Cc1nc2ccc(F)cc2[nH]1)NCCc1c[nH]c2ccccc12. The fourth-order valence-electron chi connectivity index (χ4n) is 3.29. The lowest BCUT2D eigenvalue weighted by atomic mass is 10.1. The molecule has 0 amide bonds. The fraction of sp³-hybridized carbons (Fsp3) is 0.200. The summed E-state index contributed by atoms with van der Waals surface area (Å²) >= 11 is 0. The van der Waals surface area contributed by atoms with Crippen molar-refractivity contribution in [2.24, 2.45) is 0 Å². The number of aromatic nitrogens is 3. The van der Waals surface area contributed by atoms with Gasteiger partial charge in [-0.05, 0) is 36.2 Å². The molecule has 138 valence electrons. The molecule has 4 N–H and O–H groups in total. The summed E-state index contributed by atoms with van der Waals surface area (Å²) in [5.74, 6) is -0.785. The Balaban J connectivity index is 1.42. The highest BCUT2D eigenvalue weighted by molar-refractivity contribution is 5.83. The van der Waals surface area contributed by atoms with Crippen LogP contribution in [-0.4, -0.2) is 38.6 Å². The second kappa shape index (κ2) is 7.20. The molecule has 4 rings (SSSR count). The van der Waals surface area contributed by atoms with Crippen molar-refractivity contribution in [2.45, 2.75) is 18.9 Å². The number of nitrogens with zero attached hydrogens (tertiary/aromatic N) is 1. The minimum atomic E-state index is -0.944. The standard InChI is InChI=1S/C20H19FN4O2/c21-13-5-6-16-17(9-13)25-19(24-16)10-18(20(26)27)22-8-7-12-11-23-15-4-2-1-3-14(12)15/h1-6,9,11,18,22-23H,7-8,10H2,(H,24,25)(H,26,27)/t18-/m1/s1. The van der Waals surface area contributed by atoms with Crippen molar-refractivity contribution in [3.63, 3.8) is 0 Å². The Labute approximate surface area is 154 Å². The fourth-order valence-corrected chi connectivity index (χ4v) is 3.29. The van der Waals surface area contributed by atoms with E-state index in [0.29, 0.717) is 29.8 Å². The molecule has 0 aliphatic heterocycles. The summed E-state index contributed by atoms with van der Waals surface area (Å²) in [5.41, 5.74) is 3.39. The monoisotopic (exact) mass is 366 g/mol. The van der Waals surface area contributed by atoms with Crippen LogP contribution in [0.25, 0.3) is 21.9 Å². The van der Waals surface area contributed by atoms with Gasteiger partial charge in [0.15, 0.2) is 0 Å². The van der Waals surface area contributed by atoms with Gasteiger partial charge in [-0.1, -0.05) is 18.2 Å². The zero-order valence-corrected chi connectivity index (χ0v) is 14.5. The van der Waals surface area contributed by atoms with Crippen LogP contribution in [0, 0.1) is 5.82 Å². The van der Waals surface area contributed by atoms with E-state index in [2.05, 4.69) is 20.3 Å². The second-order valence-electron chi connectivity index (χ2n) is 6.50. The smallest absolute Gasteiger partial charge is 0.321 e. The molecule has 2 aromatic heterocycles. The first kappa shape index (κ1) is 17.2. The molecule has 0 radical (unpaired) electrons. The largest absolute Gasteiger partial charge is 0.480 e. The molecule has 7 heteroatoms. The molecule has 1 atom stereocenters. The van der Waals surface area contributed by atoms with E-state index in [1.807, 2.05) is 30.5 Å². The number of imidazole rings is 1. The number of H-pyrrole nitrogens is 2. The molecular weight excluding hydrogens is 347 g/mol. The van der Waals surface area contributed by atoms with Crippen LogP contribution in [0.2, 0.25) is 0 Å². The van der Waals surface area contributed by atoms with Gasteiger partial charge in [-0.25, -0.2) is 9.37 Å². The molecule has 2 aromatic carbocycles. The summed E-state index contributed by atoms with van der Waals surface area (Å²) in [6, 6.07) is 11.5. The molecule has 0 bridgehead atoms. The third kappa shape index (κ3) is 3.68. The summed E-state index contributed by atoms with van der Waals surface area (Å²) in [5, 5.41) is 13.7. The maximum atomic E-state index is 13.3. The Bertz CT molecular complexity index is 1100. The quantitative estimate of drug-likeness (QED) is 0.404. The molecule has 27 heavy (non-hydrogen) atoms. The first-order valence-electron chi connectivity index (χ1n) is 8.75. The van der Waals surface area contributed by atoms with Gasteiger partial charge in [0.25, 0.3) is 0 Å². The Morgan fingerprint density at radius 3 is 2.93 bits per heavy atom. The van der Waals surface area contributed by atoms with E-state index in [1.54, 1.807) is 6.07 Å². The van der Waals surface area contributed by atoms with Crippen molar-refractivity contribution in [3.05, 3.63) is 65.9 Å². The van der Waals surface area contributed by atoms with Crippen molar-refractivity contribution in [1.82, 2.24) is 20.3 Å². The van der Waals surface area contributed by atoms with Gasteiger partial charge < -0.3 is 20.4 Å². The van der Waals surface area contributed by atoms with Gasteiger partial charge in [0.05, 0.1) is 11.0 Å². The highest BCUT2D eigenvalue weighted by atomic mass is 19.1. The first-order valence-corrected chi connectivity index (χ1v) is 8.75. The van der Waals surface area contributed by atoms with Crippen LogP contribution < -0.4 is 5.32 Å². The number of nitrogens with one attached hydrogen (secondary N) is 3. The van der Waals surface area contributed by atoms with Crippen LogP contribution in [0.15, 0.2) is 48.7 Å². The van der Waals surface area contributed by atoms with E-state index < -0.39 is 12.0 Å². The zero-order chi connectivity index (χ0) is 18.8. The molecule has 2 heterocycles. The van der Waals surface area contributed by atoms with Gasteiger partial charge in [0, 0.05) is 30.1 Å². The Kier molecular flexibility index (Phi) is 4.60. The normalized spacial score (nSPS) is 12.6. The number of para-hydroxylation sites is 1. The predicted molar refractivity (Wildman–Crippen MR) is 101 cm³/mol. The minimum Gasteiger partial charge on any atom is -0.480 e. The molecular formula is C20H19FN4O2. The summed E-state index contributed by atoms with van der Waals surface area (Å²) in [7, 11) is 0. The van der Waals surface area contributed by atoms with Crippen molar-refractivity contribution in [2.75, 3.05) is 6.54 Å². The Morgan fingerprint density at radius 1 is 1.22 bits per heavy atom. The number of carboxylic acids is 1. The Morgan fingerprint density at radius 2 is 2.07 bits per heavy atom. The van der Waals surface area contributed by atoms with E-state index in [4.69, 9.17) is 0 Å². The van der Waals surface area contributed by atoms with Gasteiger partial charge in [0.2, 0.25) is 0 Å². The average Bonchev–Trinajstić information content (AvgIpc) is 3.24. The molecule has 0 saturated carbocycles. The maximum absolute atomic E-state index is 13.3. The van der Waals surface area contributed by atoms with E-state index in [0.717, 1.165) is 16.5 Å². The number of carbonyl (C=O) groups is 1. The van der Waals surface area contributed by atoms with Crippen molar-refractivity contribution < 1.29 is 14.3 Å². The number of benzene rings is 2. The topological polar surface area (TPSA) is 93.8 Å². The first-order chi connectivity index (χ1) is 13.1. The van der Waals surface area contributed by atoms with Crippen LogP contribution in [0.4, 0.5) is 4.39 Å². The van der Waals surface area contributed by atoms with Gasteiger partial charge in [-0.2, -0.15) is 0 Å². The molecule has 0 unspecified atom stereocenters. The van der Waals surface area contributed by atoms with Gasteiger partial charge in [-0.3, -0.25) is 4.79 Å². The summed E-state index contributed by atoms with van der Waals surface area (Å²) < 4.78 is 13.3. The number of hydrogen-bond donors (Lipinski definition) is 4. The van der Waals surface area contributed by atoms with Gasteiger partial charge in [0.1, 0.15) is 17.7 Å². The van der Waals surface area contributed by atoms with E-state index in [9.17, 15) is 14.3 Å². The molecule has 6 nitrogen and oxygen atoms in total. The molecule has 0 fully saturated rings. The lowest BCUT2D eigenvalue weighted by Crippen LogP contribution is -2.39. The maximum Gasteiger partial charge on any atom is 0.321 e. The molecule has 0 saturated heterocycles. The second-order valence-corrected chi connectivity index (χ2v) is 6.50. The number of aromatic amines is 2. The number of rotatable bonds is 7. The summed E-state index contributed by atoms with van der Waals surface area (Å²) in [6.07, 6.45) is 2.86. The third-order valence-electron chi connectivity index (χ3n) is 4.65. The average molecular weight is 366 g/mol. The van der Waals surface area contributed by atoms with Crippen LogP contribution in [0.1, 0.15) is 11.4 Å². The molecule has 0 aliphatic carbocycles. The van der Waals surface area contributed by atoms with Crippen molar-refractivity contribution in [3.8, 4) is 0 Å². The third-order valence-corrected chi connectivity index (χ3v) is 4.65. The molecule has 0 aliphatic rings. The van der Waals surface area contributed by atoms with Crippen molar-refractivity contribution in [1.29, 1.82) is 0 Å². The number of carboxylic acid groups (broad SMARTS) is 1. The van der Waals surface area contributed by atoms with E-state index in [-0.39, 0.29) is 12.2 Å². The summed E-state index contributed by atoms with van der Waals surface area (Å²) in [4.78, 5) is 22.2. The number of halogens is 1. The molecule has 0 spiro atoms. The Hall–Kier alpha value is -3.19. The van der Waals surface area contributed by atoms with Crippen LogP contribution in [0.5, 0.6) is 0 Å². The highest BCUT2D eigenvalue weighted by Gasteiger charge is 2.19.